The van der Waals surface area contributed by atoms with Crippen LogP contribution >= 0.6 is 0 Å². The van der Waals surface area contributed by atoms with E-state index < -0.39 is 85.8 Å². The van der Waals surface area contributed by atoms with Crippen LogP contribution < -0.4 is 0 Å². The van der Waals surface area contributed by atoms with Crippen LogP contribution in [0, 0.1) is 11.8 Å². The van der Waals surface area contributed by atoms with Crippen molar-refractivity contribution in [1.82, 2.24) is 0 Å². The maximum atomic E-state index is 12.6. The van der Waals surface area contributed by atoms with Gasteiger partial charge in [-0.3, -0.25) is 0 Å². The van der Waals surface area contributed by atoms with Gasteiger partial charge in [-0.2, -0.15) is 0 Å². The molecule has 36 heavy (non-hydrogen) atoms. The lowest BCUT2D eigenvalue weighted by atomic mass is 9.85. The molecule has 3 aliphatic heterocycles. The number of aliphatic hydroxyl groups is 5. The van der Waals surface area contributed by atoms with Gasteiger partial charge in [-0.1, -0.05) is 12.1 Å². The van der Waals surface area contributed by atoms with E-state index in [9.17, 15) is 35.4 Å². The summed E-state index contributed by atoms with van der Waals surface area (Å²) in [6.45, 7) is -1.04. The van der Waals surface area contributed by atoms with Crippen molar-refractivity contribution in [2.24, 2.45) is 11.8 Å². The van der Waals surface area contributed by atoms with Crippen LogP contribution in [0.2, 0.25) is 0 Å². The van der Waals surface area contributed by atoms with E-state index in [4.69, 9.17) is 23.7 Å². The number of ether oxygens (including phenoxy) is 5. The standard InChI is InChI=1S/C24H28O12/c25-9-14-17(29)18(30)19(31)23(33-14)35-22-16-13(7-8-32-22)20(21-24(16,10-26)36-21)34-15(28)6-3-11-1-4-12(27)5-2-11/h1-8,13-14,16-23,25-27,29-31H,9-10H2/t13-,14-,16-,17-,18+,19-,20+,21+,22+,23+,24-/m1/s1. The molecule has 0 radical (unpaired) electrons. The zero-order valence-electron chi connectivity index (χ0n) is 18.9. The van der Waals surface area contributed by atoms with Crippen LogP contribution in [0.4, 0.5) is 0 Å². The first-order valence-corrected chi connectivity index (χ1v) is 11.5. The average Bonchev–Trinajstić information content (AvgIpc) is 3.56. The van der Waals surface area contributed by atoms with E-state index in [1.54, 1.807) is 18.2 Å². The molecule has 1 aromatic rings. The molecule has 0 amide bonds. The highest BCUT2D eigenvalue weighted by Gasteiger charge is 2.77. The molecule has 196 valence electrons. The van der Waals surface area contributed by atoms with E-state index in [0.717, 1.165) is 0 Å². The van der Waals surface area contributed by atoms with Gasteiger partial charge in [-0.25, -0.2) is 4.79 Å². The summed E-state index contributed by atoms with van der Waals surface area (Å²) < 4.78 is 28.3. The number of phenolic OH excluding ortho intramolecular Hbond substituents is 1. The molecule has 12 heteroatoms. The molecule has 0 spiro atoms. The molecule has 2 saturated heterocycles. The largest absolute Gasteiger partial charge is 0.508 e. The molecule has 12 nitrogen and oxygen atoms in total. The Labute approximate surface area is 205 Å². The number of epoxide rings is 1. The van der Waals surface area contributed by atoms with Crippen molar-refractivity contribution < 1.29 is 59.1 Å². The first-order chi connectivity index (χ1) is 17.3. The number of esters is 1. The second-order valence-electron chi connectivity index (χ2n) is 9.25. The number of hydrogen-bond donors (Lipinski definition) is 6. The normalized spacial score (nSPS) is 43.0. The monoisotopic (exact) mass is 508 g/mol. The Bertz CT molecular complexity index is 1010. The number of aliphatic hydroxyl groups excluding tert-OH is 5. The Hall–Kier alpha value is -2.55. The second-order valence-corrected chi connectivity index (χ2v) is 9.25. The van der Waals surface area contributed by atoms with Gasteiger partial charge in [0, 0.05) is 12.0 Å². The quantitative estimate of drug-likeness (QED) is 0.141. The molecule has 3 fully saturated rings. The zero-order chi connectivity index (χ0) is 25.6. The molecule has 6 N–H and O–H groups in total. The third-order valence-electron chi connectivity index (χ3n) is 7.16. The first kappa shape index (κ1) is 25.1. The molecule has 1 aromatic carbocycles. The highest BCUT2D eigenvalue weighted by atomic mass is 16.8. The number of hydrogen-bond acceptors (Lipinski definition) is 12. The molecule has 1 aliphatic carbocycles. The number of phenols is 1. The Morgan fingerprint density at radius 3 is 2.50 bits per heavy atom. The van der Waals surface area contributed by atoms with E-state index in [0.29, 0.717) is 5.56 Å². The van der Waals surface area contributed by atoms with E-state index in [1.165, 1.54) is 30.5 Å². The van der Waals surface area contributed by atoms with Gasteiger partial charge in [0.05, 0.1) is 25.4 Å². The summed E-state index contributed by atoms with van der Waals surface area (Å²) in [7, 11) is 0. The lowest BCUT2D eigenvalue weighted by Gasteiger charge is -2.43. The van der Waals surface area contributed by atoms with Crippen molar-refractivity contribution in [3.05, 3.63) is 48.2 Å². The lowest BCUT2D eigenvalue weighted by molar-refractivity contribution is -0.344. The third-order valence-corrected chi connectivity index (χ3v) is 7.16. The molecule has 11 atom stereocenters. The average molecular weight is 508 g/mol. The minimum atomic E-state index is -1.64. The predicted octanol–water partition coefficient (Wildman–Crippen LogP) is -1.62. The van der Waals surface area contributed by atoms with Gasteiger partial charge in [0.1, 0.15) is 48.0 Å². The van der Waals surface area contributed by atoms with Crippen molar-refractivity contribution in [2.75, 3.05) is 13.2 Å². The van der Waals surface area contributed by atoms with Crippen molar-refractivity contribution >= 4 is 12.0 Å². The van der Waals surface area contributed by atoms with Crippen molar-refractivity contribution in [3.63, 3.8) is 0 Å². The molecular formula is C24H28O12. The van der Waals surface area contributed by atoms with Crippen LogP contribution in [0.15, 0.2) is 42.7 Å². The third kappa shape index (κ3) is 4.29. The van der Waals surface area contributed by atoms with Gasteiger partial charge in [-0.15, -0.1) is 0 Å². The summed E-state index contributed by atoms with van der Waals surface area (Å²) in [6.07, 6.45) is -4.18. The van der Waals surface area contributed by atoms with Gasteiger partial charge in [-0.05, 0) is 29.8 Å². The summed E-state index contributed by atoms with van der Waals surface area (Å²) in [4.78, 5) is 12.6. The van der Waals surface area contributed by atoms with Crippen LogP contribution in [0.1, 0.15) is 5.56 Å². The van der Waals surface area contributed by atoms with Crippen LogP contribution in [0.25, 0.3) is 6.08 Å². The molecule has 0 aromatic heterocycles. The van der Waals surface area contributed by atoms with Gasteiger partial charge in [0.15, 0.2) is 6.29 Å². The number of carbonyl (C=O) groups is 1. The van der Waals surface area contributed by atoms with Gasteiger partial charge >= 0.3 is 5.97 Å². The SMILES string of the molecule is O=C(C=Cc1ccc(O)cc1)O[C@H]1[C@@H]2C=CO[C@@H](O[C@@H]3O[C@H](CO)[C@@H](O)[C@H](O)[C@H]3O)[C@@H]2[C@@]2(CO)O[C@@H]12. The number of benzene rings is 1. The van der Waals surface area contributed by atoms with Gasteiger partial charge in [0.2, 0.25) is 6.29 Å². The molecule has 0 unspecified atom stereocenters. The zero-order valence-corrected chi connectivity index (χ0v) is 18.9. The summed E-state index contributed by atoms with van der Waals surface area (Å²) in [5.41, 5.74) is -0.444. The van der Waals surface area contributed by atoms with Crippen LogP contribution in [0.5, 0.6) is 5.75 Å². The van der Waals surface area contributed by atoms with Crippen molar-refractivity contribution in [1.29, 1.82) is 0 Å². The maximum absolute atomic E-state index is 12.6. The number of carbonyl (C=O) groups excluding carboxylic acids is 1. The molecule has 5 rings (SSSR count). The molecule has 3 heterocycles. The van der Waals surface area contributed by atoms with Crippen LogP contribution in [-0.2, 0) is 28.5 Å². The second kappa shape index (κ2) is 9.72. The topological polar surface area (TPSA) is 188 Å². The van der Waals surface area contributed by atoms with Gasteiger partial charge in [0.25, 0.3) is 0 Å². The smallest absolute Gasteiger partial charge is 0.331 e. The molecule has 0 bridgehead atoms. The number of fused-ring (bicyclic) bond motifs is 3. The van der Waals surface area contributed by atoms with Crippen LogP contribution in [-0.4, -0.2) is 105 Å². The lowest BCUT2D eigenvalue weighted by Crippen LogP contribution is -2.60. The highest BCUT2D eigenvalue weighted by molar-refractivity contribution is 5.87. The first-order valence-electron chi connectivity index (χ1n) is 11.5. The Morgan fingerprint density at radius 1 is 1.06 bits per heavy atom. The summed E-state index contributed by atoms with van der Waals surface area (Å²) in [5.74, 6) is -1.67. The Morgan fingerprint density at radius 2 is 1.81 bits per heavy atom. The minimum absolute atomic E-state index is 0.102. The van der Waals surface area contributed by atoms with E-state index in [1.807, 2.05) is 0 Å². The fraction of sp³-hybridized carbons (Fsp3) is 0.542. The fourth-order valence-corrected chi connectivity index (χ4v) is 5.21. The van der Waals surface area contributed by atoms with Crippen molar-refractivity contribution in [3.8, 4) is 5.75 Å². The highest BCUT2D eigenvalue weighted by Crippen LogP contribution is 2.60. The molecular weight excluding hydrogens is 480 g/mol. The predicted molar refractivity (Wildman–Crippen MR) is 118 cm³/mol. The van der Waals surface area contributed by atoms with E-state index in [2.05, 4.69) is 0 Å². The molecule has 4 aliphatic rings. The van der Waals surface area contributed by atoms with E-state index in [-0.39, 0.29) is 5.75 Å². The van der Waals surface area contributed by atoms with Crippen molar-refractivity contribution in [2.45, 2.75) is 54.8 Å². The summed E-state index contributed by atoms with van der Waals surface area (Å²) >= 11 is 0. The minimum Gasteiger partial charge on any atom is -0.508 e. The molecule has 1 saturated carbocycles. The Kier molecular flexibility index (Phi) is 6.78. The van der Waals surface area contributed by atoms with Crippen LogP contribution in [0.3, 0.4) is 0 Å². The summed E-state index contributed by atoms with van der Waals surface area (Å²) in [5, 5.41) is 59.3. The van der Waals surface area contributed by atoms with E-state index >= 15 is 0 Å². The maximum Gasteiger partial charge on any atom is 0.331 e. The van der Waals surface area contributed by atoms with Gasteiger partial charge < -0.3 is 54.3 Å². The fourth-order valence-electron chi connectivity index (χ4n) is 5.21. The summed E-state index contributed by atoms with van der Waals surface area (Å²) in [6, 6.07) is 6.24. The number of rotatable bonds is 7. The Balaban J connectivity index is 1.30. The number of aromatic hydroxyl groups is 1.